The lowest BCUT2D eigenvalue weighted by molar-refractivity contribution is -0.133. The molecule has 0 aromatic heterocycles. The first-order valence-electron chi connectivity index (χ1n) is 6.84. The normalized spacial score (nSPS) is 21.8. The molecule has 3 rings (SSSR count). The van der Waals surface area contributed by atoms with Crippen molar-refractivity contribution >= 4 is 11.5 Å². The van der Waals surface area contributed by atoms with E-state index in [1.165, 1.54) is 7.11 Å². The average Bonchev–Trinajstić information content (AvgIpc) is 3.42. The monoisotopic (exact) mass is 292 g/mol. The van der Waals surface area contributed by atoms with Crippen LogP contribution in [0, 0.1) is 0 Å². The second-order valence-corrected chi connectivity index (χ2v) is 4.78. The molecule has 114 valence electrons. The summed E-state index contributed by atoms with van der Waals surface area (Å²) in [5.74, 6) is -0.388. The minimum absolute atomic E-state index is 0.387. The van der Waals surface area contributed by atoms with Gasteiger partial charge in [-0.05, 0) is 5.56 Å². The van der Waals surface area contributed by atoms with Crippen LogP contribution < -0.4 is 0 Å². The van der Waals surface area contributed by atoms with Gasteiger partial charge in [-0.15, -0.1) is 0 Å². The molecule has 1 aromatic rings. The van der Waals surface area contributed by atoms with Gasteiger partial charge in [0.1, 0.15) is 12.2 Å². The van der Waals surface area contributed by atoms with E-state index >= 15 is 0 Å². The van der Waals surface area contributed by atoms with Crippen LogP contribution >= 0.6 is 0 Å². The van der Waals surface area contributed by atoms with E-state index in [4.69, 9.17) is 14.2 Å². The molecular formula is C16H20O5. The summed E-state index contributed by atoms with van der Waals surface area (Å²) in [6.45, 7) is 6.88. The van der Waals surface area contributed by atoms with Crippen molar-refractivity contribution in [3.05, 3.63) is 42.5 Å². The van der Waals surface area contributed by atoms with E-state index in [1.54, 1.807) is 0 Å². The highest BCUT2D eigenvalue weighted by Gasteiger charge is 2.26. The summed E-state index contributed by atoms with van der Waals surface area (Å²) in [7, 11) is 1.34. The van der Waals surface area contributed by atoms with Crippen molar-refractivity contribution in [3.8, 4) is 0 Å². The molecule has 21 heavy (non-hydrogen) atoms. The molecule has 2 atom stereocenters. The lowest BCUT2D eigenvalue weighted by atomic mass is 10.1. The highest BCUT2D eigenvalue weighted by atomic mass is 16.6. The van der Waals surface area contributed by atoms with Crippen molar-refractivity contribution in [2.75, 3.05) is 33.5 Å². The smallest absolute Gasteiger partial charge is 0.337 e. The van der Waals surface area contributed by atoms with Crippen LogP contribution in [-0.2, 0) is 23.7 Å². The van der Waals surface area contributed by atoms with Gasteiger partial charge < -0.3 is 18.9 Å². The van der Waals surface area contributed by atoms with E-state index in [2.05, 4.69) is 11.3 Å². The number of carbonyl (C=O) groups is 1. The van der Waals surface area contributed by atoms with Crippen LogP contribution in [0.4, 0.5) is 0 Å². The van der Waals surface area contributed by atoms with Gasteiger partial charge in [0.15, 0.2) is 0 Å². The lowest BCUT2D eigenvalue weighted by Crippen LogP contribution is -2.06. The number of esters is 1. The zero-order valence-corrected chi connectivity index (χ0v) is 12.1. The SMILES string of the molecule is C(OCC1CO1)C1CO1.C=C(C(=O)OC)c1ccccc1. The molecule has 5 heteroatoms. The molecule has 2 unspecified atom stereocenters. The van der Waals surface area contributed by atoms with Crippen molar-refractivity contribution in [2.45, 2.75) is 12.2 Å². The Kier molecular flexibility index (Phi) is 5.92. The van der Waals surface area contributed by atoms with E-state index in [1.807, 2.05) is 30.3 Å². The highest BCUT2D eigenvalue weighted by Crippen LogP contribution is 2.13. The molecule has 2 fully saturated rings. The van der Waals surface area contributed by atoms with Gasteiger partial charge in [0.05, 0.1) is 39.1 Å². The molecule has 0 bridgehead atoms. The quantitative estimate of drug-likeness (QED) is 0.453. The van der Waals surface area contributed by atoms with E-state index in [0.717, 1.165) is 32.0 Å². The van der Waals surface area contributed by atoms with Crippen LogP contribution in [0.15, 0.2) is 36.9 Å². The number of carbonyl (C=O) groups excluding carboxylic acids is 1. The van der Waals surface area contributed by atoms with E-state index in [-0.39, 0.29) is 5.97 Å². The van der Waals surface area contributed by atoms with Gasteiger partial charge >= 0.3 is 5.97 Å². The predicted octanol–water partition coefficient (Wildman–Crippen LogP) is 1.67. The lowest BCUT2D eigenvalue weighted by Gasteiger charge is -2.01. The third-order valence-corrected chi connectivity index (χ3v) is 2.97. The maximum Gasteiger partial charge on any atom is 0.337 e. The Morgan fingerprint density at radius 1 is 1.19 bits per heavy atom. The van der Waals surface area contributed by atoms with Gasteiger partial charge in [-0.25, -0.2) is 4.79 Å². The summed E-state index contributed by atoms with van der Waals surface area (Å²) in [5, 5.41) is 0. The number of epoxide rings is 2. The molecule has 0 saturated carbocycles. The van der Waals surface area contributed by atoms with Crippen molar-refractivity contribution in [2.24, 2.45) is 0 Å². The first kappa shape index (κ1) is 15.7. The summed E-state index contributed by atoms with van der Waals surface area (Å²) in [6, 6.07) is 9.22. The topological polar surface area (TPSA) is 60.6 Å². The molecule has 2 aliphatic heterocycles. The first-order valence-corrected chi connectivity index (χ1v) is 6.84. The highest BCUT2D eigenvalue weighted by molar-refractivity contribution is 6.15. The fraction of sp³-hybridized carbons (Fsp3) is 0.438. The van der Waals surface area contributed by atoms with Gasteiger partial charge in [-0.1, -0.05) is 36.9 Å². The molecule has 5 nitrogen and oxygen atoms in total. The van der Waals surface area contributed by atoms with E-state index < -0.39 is 0 Å². The predicted molar refractivity (Wildman–Crippen MR) is 77.8 cm³/mol. The number of methoxy groups -OCH3 is 1. The molecule has 0 N–H and O–H groups in total. The minimum atomic E-state index is -0.388. The van der Waals surface area contributed by atoms with E-state index in [0.29, 0.717) is 17.8 Å². The van der Waals surface area contributed by atoms with Crippen LogP contribution in [0.1, 0.15) is 5.56 Å². The molecule has 2 saturated heterocycles. The molecule has 0 amide bonds. The number of benzene rings is 1. The summed E-state index contributed by atoms with van der Waals surface area (Å²) in [4.78, 5) is 11.0. The number of hydrogen-bond acceptors (Lipinski definition) is 5. The number of hydrogen-bond donors (Lipinski definition) is 0. The fourth-order valence-corrected chi connectivity index (χ4v) is 1.54. The summed E-state index contributed by atoms with van der Waals surface area (Å²) in [5.41, 5.74) is 1.18. The number of ether oxygens (including phenoxy) is 4. The van der Waals surface area contributed by atoms with Crippen LogP contribution in [0.25, 0.3) is 5.57 Å². The van der Waals surface area contributed by atoms with Gasteiger partial charge in [-0.2, -0.15) is 0 Å². The first-order chi connectivity index (χ1) is 10.2. The largest absolute Gasteiger partial charge is 0.465 e. The number of rotatable bonds is 6. The maximum absolute atomic E-state index is 11.0. The standard InChI is InChI=1S/C10H10O2.C6H10O3/c1-8(10(11)12-2)9-6-4-3-5-7-9;1(5-3-8-5)7-2-6-4-9-6/h3-7H,1H2,2H3;5-6H,1-4H2. The molecule has 2 aliphatic rings. The average molecular weight is 292 g/mol. The minimum Gasteiger partial charge on any atom is -0.465 e. The van der Waals surface area contributed by atoms with Crippen LogP contribution in [0.2, 0.25) is 0 Å². The van der Waals surface area contributed by atoms with Crippen LogP contribution in [0.5, 0.6) is 0 Å². The molecule has 2 heterocycles. The van der Waals surface area contributed by atoms with E-state index in [9.17, 15) is 4.79 Å². The van der Waals surface area contributed by atoms with Crippen molar-refractivity contribution in [1.29, 1.82) is 0 Å². The Morgan fingerprint density at radius 2 is 1.71 bits per heavy atom. The van der Waals surface area contributed by atoms with Crippen LogP contribution in [0.3, 0.4) is 0 Å². The third kappa shape index (κ3) is 6.08. The van der Waals surface area contributed by atoms with Crippen molar-refractivity contribution < 1.29 is 23.7 Å². The molecular weight excluding hydrogens is 272 g/mol. The Hall–Kier alpha value is -1.69. The third-order valence-electron chi connectivity index (χ3n) is 2.97. The Balaban J connectivity index is 0.000000159. The van der Waals surface area contributed by atoms with Crippen LogP contribution in [-0.4, -0.2) is 51.7 Å². The van der Waals surface area contributed by atoms with Gasteiger partial charge in [0, 0.05) is 0 Å². The second-order valence-electron chi connectivity index (χ2n) is 4.78. The van der Waals surface area contributed by atoms with Crippen molar-refractivity contribution in [1.82, 2.24) is 0 Å². The zero-order chi connectivity index (χ0) is 15.1. The Bertz CT molecular complexity index is 451. The van der Waals surface area contributed by atoms with Crippen molar-refractivity contribution in [3.63, 3.8) is 0 Å². The summed E-state index contributed by atoms with van der Waals surface area (Å²) >= 11 is 0. The molecule has 1 aromatic carbocycles. The second kappa shape index (κ2) is 7.93. The summed E-state index contributed by atoms with van der Waals surface area (Å²) < 4.78 is 19.6. The molecule has 0 spiro atoms. The maximum atomic E-state index is 11.0. The van der Waals surface area contributed by atoms with Gasteiger partial charge in [0.25, 0.3) is 0 Å². The molecule has 0 radical (unpaired) electrons. The Labute approximate surface area is 124 Å². The molecule has 0 aliphatic carbocycles. The van der Waals surface area contributed by atoms with Gasteiger partial charge in [0.2, 0.25) is 0 Å². The summed E-state index contributed by atoms with van der Waals surface area (Å²) in [6.07, 6.45) is 0.785. The fourth-order valence-electron chi connectivity index (χ4n) is 1.54. The zero-order valence-electron chi connectivity index (χ0n) is 12.1. The van der Waals surface area contributed by atoms with Gasteiger partial charge in [-0.3, -0.25) is 0 Å². The Morgan fingerprint density at radius 3 is 2.14 bits per heavy atom.